The molecule has 1 unspecified atom stereocenters. The van der Waals surface area contributed by atoms with Gasteiger partial charge >= 0.3 is 0 Å². The van der Waals surface area contributed by atoms with Gasteiger partial charge in [-0.25, -0.2) is 4.98 Å². The van der Waals surface area contributed by atoms with E-state index in [1.807, 2.05) is 6.92 Å². The number of aromatic nitrogens is 1. The summed E-state index contributed by atoms with van der Waals surface area (Å²) >= 11 is 5.88. The van der Waals surface area contributed by atoms with Crippen molar-refractivity contribution in [2.24, 2.45) is 0 Å². The van der Waals surface area contributed by atoms with Gasteiger partial charge in [0, 0.05) is 31.3 Å². The van der Waals surface area contributed by atoms with Gasteiger partial charge in [-0.2, -0.15) is 0 Å². The molecule has 1 atom stereocenters. The molecule has 0 aliphatic carbocycles. The van der Waals surface area contributed by atoms with Gasteiger partial charge in [0.15, 0.2) is 0 Å². The molecule has 0 radical (unpaired) electrons. The van der Waals surface area contributed by atoms with Crippen molar-refractivity contribution in [3.63, 3.8) is 0 Å². The molecular weight excluding hydrogens is 260 g/mol. The highest BCUT2D eigenvalue weighted by molar-refractivity contribution is 6.17. The number of nitrogens with zero attached hydrogens (tertiary/aromatic N) is 2. The molecule has 0 aromatic carbocycles. The van der Waals surface area contributed by atoms with E-state index in [4.69, 9.17) is 16.3 Å². The minimum absolute atomic E-state index is 0.350. The SMILES string of the molecule is CCCOC1CCCN(c2ccc(CCl)c(C)n2)C1. The summed E-state index contributed by atoms with van der Waals surface area (Å²) in [5, 5.41) is 0. The molecule has 1 aliphatic rings. The number of rotatable bonds is 5. The van der Waals surface area contributed by atoms with E-state index in [1.165, 1.54) is 6.42 Å². The van der Waals surface area contributed by atoms with Crippen LogP contribution < -0.4 is 4.90 Å². The van der Waals surface area contributed by atoms with Crippen LogP contribution in [0.3, 0.4) is 0 Å². The summed E-state index contributed by atoms with van der Waals surface area (Å²) in [5.41, 5.74) is 2.14. The lowest BCUT2D eigenvalue weighted by atomic mass is 10.1. The molecule has 0 spiro atoms. The summed E-state index contributed by atoms with van der Waals surface area (Å²) < 4.78 is 5.87. The molecule has 4 heteroatoms. The molecule has 1 saturated heterocycles. The summed E-state index contributed by atoms with van der Waals surface area (Å²) in [6.07, 6.45) is 3.77. The standard InChI is InChI=1S/C15H23ClN2O/c1-3-9-19-14-5-4-8-18(11-14)15-7-6-13(10-16)12(2)17-15/h6-7,14H,3-5,8-11H2,1-2H3. The van der Waals surface area contributed by atoms with Crippen LogP contribution >= 0.6 is 11.6 Å². The van der Waals surface area contributed by atoms with Gasteiger partial charge in [0.05, 0.1) is 6.10 Å². The van der Waals surface area contributed by atoms with Gasteiger partial charge in [-0.1, -0.05) is 13.0 Å². The Morgan fingerprint density at radius 2 is 2.32 bits per heavy atom. The fourth-order valence-electron chi connectivity index (χ4n) is 2.46. The number of anilines is 1. The second-order valence-electron chi connectivity index (χ2n) is 5.13. The van der Waals surface area contributed by atoms with E-state index in [2.05, 4.69) is 28.9 Å². The summed E-state index contributed by atoms with van der Waals surface area (Å²) in [4.78, 5) is 7.00. The highest BCUT2D eigenvalue weighted by Crippen LogP contribution is 2.21. The number of hydrogen-bond acceptors (Lipinski definition) is 3. The van der Waals surface area contributed by atoms with E-state index < -0.39 is 0 Å². The molecule has 1 fully saturated rings. The third-order valence-corrected chi connectivity index (χ3v) is 3.87. The normalized spacial score (nSPS) is 19.7. The minimum atomic E-state index is 0.350. The lowest BCUT2D eigenvalue weighted by molar-refractivity contribution is 0.0439. The summed E-state index contributed by atoms with van der Waals surface area (Å²) in [6, 6.07) is 4.16. The Morgan fingerprint density at radius 3 is 3.00 bits per heavy atom. The summed E-state index contributed by atoms with van der Waals surface area (Å²) in [5.74, 6) is 1.58. The van der Waals surface area contributed by atoms with Crippen molar-refractivity contribution in [2.75, 3.05) is 24.6 Å². The molecule has 2 heterocycles. The molecule has 0 N–H and O–H groups in total. The molecule has 2 rings (SSSR count). The van der Waals surface area contributed by atoms with E-state index in [9.17, 15) is 0 Å². The van der Waals surface area contributed by atoms with E-state index in [0.717, 1.165) is 49.6 Å². The van der Waals surface area contributed by atoms with E-state index >= 15 is 0 Å². The second-order valence-corrected chi connectivity index (χ2v) is 5.40. The lowest BCUT2D eigenvalue weighted by Gasteiger charge is -2.33. The van der Waals surface area contributed by atoms with Crippen LogP contribution in [0.25, 0.3) is 0 Å². The van der Waals surface area contributed by atoms with Crippen LogP contribution in [0, 0.1) is 6.92 Å². The van der Waals surface area contributed by atoms with Crippen molar-refractivity contribution in [3.05, 3.63) is 23.4 Å². The first-order valence-electron chi connectivity index (χ1n) is 7.13. The van der Waals surface area contributed by atoms with Crippen LogP contribution in [0.4, 0.5) is 5.82 Å². The maximum Gasteiger partial charge on any atom is 0.128 e. The molecule has 3 nitrogen and oxygen atoms in total. The highest BCUT2D eigenvalue weighted by Gasteiger charge is 2.21. The Balaban J connectivity index is 2.02. The average Bonchev–Trinajstić information content (AvgIpc) is 2.45. The van der Waals surface area contributed by atoms with Crippen LogP contribution in [0.5, 0.6) is 0 Å². The van der Waals surface area contributed by atoms with Gasteiger partial charge < -0.3 is 9.64 Å². The second kappa shape index (κ2) is 7.11. The summed E-state index contributed by atoms with van der Waals surface area (Å²) in [7, 11) is 0. The highest BCUT2D eigenvalue weighted by atomic mass is 35.5. The first-order valence-corrected chi connectivity index (χ1v) is 7.67. The van der Waals surface area contributed by atoms with Gasteiger partial charge in [0.1, 0.15) is 5.82 Å². The fraction of sp³-hybridized carbons (Fsp3) is 0.667. The minimum Gasteiger partial charge on any atom is -0.376 e. The first-order chi connectivity index (χ1) is 9.24. The zero-order chi connectivity index (χ0) is 13.7. The van der Waals surface area contributed by atoms with Crippen molar-refractivity contribution >= 4 is 17.4 Å². The number of halogens is 1. The zero-order valence-corrected chi connectivity index (χ0v) is 12.6. The van der Waals surface area contributed by atoms with Crippen molar-refractivity contribution in [1.29, 1.82) is 0 Å². The largest absolute Gasteiger partial charge is 0.376 e. The monoisotopic (exact) mass is 282 g/mol. The van der Waals surface area contributed by atoms with Crippen LogP contribution in [0.2, 0.25) is 0 Å². The van der Waals surface area contributed by atoms with Gasteiger partial charge in [-0.05, 0) is 37.8 Å². The smallest absolute Gasteiger partial charge is 0.128 e. The molecule has 0 bridgehead atoms. The number of pyridine rings is 1. The van der Waals surface area contributed by atoms with E-state index in [1.54, 1.807) is 0 Å². The number of hydrogen-bond donors (Lipinski definition) is 0. The fourth-order valence-corrected chi connectivity index (χ4v) is 2.74. The maximum absolute atomic E-state index is 5.88. The molecule has 1 aromatic rings. The van der Waals surface area contributed by atoms with Crippen LogP contribution in [0.1, 0.15) is 37.4 Å². The molecule has 1 aromatic heterocycles. The molecular formula is C15H23ClN2O. The third-order valence-electron chi connectivity index (χ3n) is 3.58. The Morgan fingerprint density at radius 1 is 1.47 bits per heavy atom. The van der Waals surface area contributed by atoms with Crippen molar-refractivity contribution in [3.8, 4) is 0 Å². The number of piperidine rings is 1. The van der Waals surface area contributed by atoms with Crippen LogP contribution in [-0.2, 0) is 10.6 Å². The van der Waals surface area contributed by atoms with Crippen LogP contribution in [0.15, 0.2) is 12.1 Å². The molecule has 106 valence electrons. The molecule has 19 heavy (non-hydrogen) atoms. The number of aryl methyl sites for hydroxylation is 1. The van der Waals surface area contributed by atoms with Gasteiger partial charge in [0.2, 0.25) is 0 Å². The molecule has 1 aliphatic heterocycles. The van der Waals surface area contributed by atoms with Crippen LogP contribution in [-0.4, -0.2) is 30.8 Å². The predicted molar refractivity (Wildman–Crippen MR) is 80.0 cm³/mol. The zero-order valence-electron chi connectivity index (χ0n) is 11.9. The third kappa shape index (κ3) is 3.83. The van der Waals surface area contributed by atoms with Gasteiger partial charge in [-0.3, -0.25) is 0 Å². The average molecular weight is 283 g/mol. The Bertz CT molecular complexity index is 411. The van der Waals surface area contributed by atoms with Crippen molar-refractivity contribution in [1.82, 2.24) is 4.98 Å². The Hall–Kier alpha value is -0.800. The maximum atomic E-state index is 5.88. The number of ether oxygens (including phenoxy) is 1. The van der Waals surface area contributed by atoms with Crippen molar-refractivity contribution in [2.45, 2.75) is 45.1 Å². The van der Waals surface area contributed by atoms with Crippen molar-refractivity contribution < 1.29 is 4.74 Å². The first kappa shape index (κ1) is 14.6. The van der Waals surface area contributed by atoms with E-state index in [0.29, 0.717) is 12.0 Å². The lowest BCUT2D eigenvalue weighted by Crippen LogP contribution is -2.40. The summed E-state index contributed by atoms with van der Waals surface area (Å²) in [6.45, 7) is 7.05. The topological polar surface area (TPSA) is 25.4 Å². The van der Waals surface area contributed by atoms with Gasteiger partial charge in [-0.15, -0.1) is 11.6 Å². The predicted octanol–water partition coefficient (Wildman–Crippen LogP) is 3.52. The molecule has 0 saturated carbocycles. The number of alkyl halides is 1. The quantitative estimate of drug-likeness (QED) is 0.773. The van der Waals surface area contributed by atoms with Gasteiger partial charge in [0.25, 0.3) is 0 Å². The Labute approximate surface area is 120 Å². The molecule has 0 amide bonds. The van der Waals surface area contributed by atoms with E-state index in [-0.39, 0.29) is 0 Å². The Kier molecular flexibility index (Phi) is 5.46.